The molecule has 1 aromatic rings. The zero-order chi connectivity index (χ0) is 15.1. The lowest BCUT2D eigenvalue weighted by molar-refractivity contribution is -0.384. The number of nitrogens with zero attached hydrogens (tertiary/aromatic N) is 1. The highest BCUT2D eigenvalue weighted by Gasteiger charge is 2.15. The molecule has 0 spiro atoms. The summed E-state index contributed by atoms with van der Waals surface area (Å²) in [4.78, 5) is 10.1. The summed E-state index contributed by atoms with van der Waals surface area (Å²) in [5.41, 5.74) is 0.768. The van der Waals surface area contributed by atoms with E-state index in [-0.39, 0.29) is 17.7 Å². The zero-order valence-electron chi connectivity index (χ0n) is 11.8. The third-order valence-electron chi connectivity index (χ3n) is 3.51. The second-order valence-electron chi connectivity index (χ2n) is 4.81. The fraction of sp³-hybridized carbons (Fsp3) is 0.571. The normalized spacial score (nSPS) is 12.7. The Kier molecular flexibility index (Phi) is 6.91. The minimum Gasteiger partial charge on any atom is -0.392 e. The van der Waals surface area contributed by atoms with Gasteiger partial charge in [-0.15, -0.1) is 0 Å². The fourth-order valence-corrected chi connectivity index (χ4v) is 2.39. The van der Waals surface area contributed by atoms with Crippen molar-refractivity contribution >= 4 is 17.3 Å². The molecule has 5 nitrogen and oxygen atoms in total. The first-order valence-electron chi connectivity index (χ1n) is 6.81. The van der Waals surface area contributed by atoms with Crippen LogP contribution in [0.5, 0.6) is 0 Å². The molecule has 0 heterocycles. The molecule has 0 amide bonds. The molecule has 6 heteroatoms. The van der Waals surface area contributed by atoms with E-state index >= 15 is 0 Å². The number of benzene rings is 1. The second kappa shape index (κ2) is 8.19. The van der Waals surface area contributed by atoms with Crippen LogP contribution in [0.2, 0.25) is 5.02 Å². The summed E-state index contributed by atoms with van der Waals surface area (Å²) in [7, 11) is 0. The largest absolute Gasteiger partial charge is 0.392 e. The van der Waals surface area contributed by atoms with Crippen molar-refractivity contribution in [3.8, 4) is 0 Å². The molecule has 2 N–H and O–H groups in total. The summed E-state index contributed by atoms with van der Waals surface area (Å²) in [6.45, 7) is 5.09. The van der Waals surface area contributed by atoms with Gasteiger partial charge in [0.1, 0.15) is 0 Å². The van der Waals surface area contributed by atoms with Gasteiger partial charge >= 0.3 is 0 Å². The minimum atomic E-state index is -0.472. The summed E-state index contributed by atoms with van der Waals surface area (Å²) < 4.78 is 0. The van der Waals surface area contributed by atoms with E-state index in [0.29, 0.717) is 18.1 Å². The van der Waals surface area contributed by atoms with Gasteiger partial charge in [-0.05, 0) is 17.5 Å². The van der Waals surface area contributed by atoms with E-state index < -0.39 is 4.92 Å². The molecule has 0 aliphatic carbocycles. The summed E-state index contributed by atoms with van der Waals surface area (Å²) >= 11 is 6.00. The number of non-ortho nitro benzene ring substituents is 1. The van der Waals surface area contributed by atoms with Gasteiger partial charge in [-0.2, -0.15) is 0 Å². The molecule has 0 aliphatic rings. The van der Waals surface area contributed by atoms with Gasteiger partial charge < -0.3 is 10.4 Å². The lowest BCUT2D eigenvalue weighted by Gasteiger charge is -2.20. The molecule has 0 saturated heterocycles. The van der Waals surface area contributed by atoms with Crippen LogP contribution in [-0.2, 0) is 6.54 Å². The van der Waals surface area contributed by atoms with E-state index in [4.69, 9.17) is 11.6 Å². The molecule has 0 aromatic heterocycles. The minimum absolute atomic E-state index is 0.0178. The molecule has 1 rings (SSSR count). The summed E-state index contributed by atoms with van der Waals surface area (Å²) in [5.74, 6) is 0.287. The van der Waals surface area contributed by atoms with Crippen molar-refractivity contribution in [1.29, 1.82) is 0 Å². The number of nitro benzene ring substituents is 1. The van der Waals surface area contributed by atoms with Crippen LogP contribution in [0.15, 0.2) is 18.2 Å². The predicted molar refractivity (Wildman–Crippen MR) is 79.9 cm³/mol. The van der Waals surface area contributed by atoms with Crippen molar-refractivity contribution in [2.75, 3.05) is 6.54 Å². The first-order chi connectivity index (χ1) is 9.49. The lowest BCUT2D eigenvalue weighted by Crippen LogP contribution is -2.32. The number of nitrogens with one attached hydrogen (secondary N) is 1. The smallest absolute Gasteiger partial charge is 0.270 e. The van der Waals surface area contributed by atoms with Gasteiger partial charge in [-0.3, -0.25) is 10.1 Å². The van der Waals surface area contributed by atoms with Crippen molar-refractivity contribution in [2.24, 2.45) is 5.92 Å². The Morgan fingerprint density at radius 1 is 1.40 bits per heavy atom. The third kappa shape index (κ3) is 4.74. The second-order valence-corrected chi connectivity index (χ2v) is 5.21. The van der Waals surface area contributed by atoms with Crippen LogP contribution in [0, 0.1) is 16.0 Å². The zero-order valence-corrected chi connectivity index (χ0v) is 12.6. The number of hydrogen-bond acceptors (Lipinski definition) is 4. The number of nitro groups is 1. The van der Waals surface area contributed by atoms with Crippen molar-refractivity contribution in [2.45, 2.75) is 39.3 Å². The van der Waals surface area contributed by atoms with Crippen LogP contribution in [-0.4, -0.2) is 22.7 Å². The highest BCUT2D eigenvalue weighted by molar-refractivity contribution is 6.31. The predicted octanol–water partition coefficient (Wildman–Crippen LogP) is 3.13. The molecule has 1 unspecified atom stereocenters. The molecular formula is C14H21ClN2O3. The van der Waals surface area contributed by atoms with Crippen molar-refractivity contribution in [3.05, 3.63) is 38.9 Å². The Morgan fingerprint density at radius 2 is 2.05 bits per heavy atom. The third-order valence-corrected chi connectivity index (χ3v) is 3.86. The van der Waals surface area contributed by atoms with Crippen molar-refractivity contribution in [1.82, 2.24) is 5.32 Å². The highest BCUT2D eigenvalue weighted by Crippen LogP contribution is 2.22. The molecule has 0 saturated carbocycles. The maximum atomic E-state index is 10.6. The number of rotatable bonds is 8. The maximum absolute atomic E-state index is 10.6. The van der Waals surface area contributed by atoms with Crippen LogP contribution < -0.4 is 5.32 Å². The van der Waals surface area contributed by atoms with Crippen LogP contribution in [0.3, 0.4) is 0 Å². The monoisotopic (exact) mass is 300 g/mol. The van der Waals surface area contributed by atoms with Crippen LogP contribution in [0.1, 0.15) is 32.3 Å². The molecule has 0 fully saturated rings. The van der Waals surface area contributed by atoms with Gasteiger partial charge in [0.05, 0.1) is 16.0 Å². The highest BCUT2D eigenvalue weighted by atomic mass is 35.5. The van der Waals surface area contributed by atoms with E-state index in [9.17, 15) is 15.2 Å². The van der Waals surface area contributed by atoms with Gasteiger partial charge in [0, 0.05) is 25.2 Å². The average molecular weight is 301 g/mol. The standard InChI is InChI=1S/C14H21ClN2O3/c1-3-10(4-2)14(18)9-16-8-11-5-6-12(17(19)20)7-13(11)15/h5-7,10,14,16,18H,3-4,8-9H2,1-2H3. The Hall–Kier alpha value is -1.17. The van der Waals surface area contributed by atoms with Crippen LogP contribution >= 0.6 is 11.6 Å². The quantitative estimate of drug-likeness (QED) is 0.571. The maximum Gasteiger partial charge on any atom is 0.270 e. The molecule has 0 radical (unpaired) electrons. The van der Waals surface area contributed by atoms with E-state index in [1.807, 2.05) is 0 Å². The summed E-state index contributed by atoms with van der Waals surface area (Å²) in [5, 5.41) is 24.1. The fourth-order valence-electron chi connectivity index (χ4n) is 2.15. The van der Waals surface area contributed by atoms with Crippen LogP contribution in [0.4, 0.5) is 5.69 Å². The van der Waals surface area contributed by atoms with E-state index in [2.05, 4.69) is 19.2 Å². The summed E-state index contributed by atoms with van der Waals surface area (Å²) in [6.07, 6.45) is 1.50. The molecule has 0 aliphatic heterocycles. The molecule has 20 heavy (non-hydrogen) atoms. The molecule has 0 bridgehead atoms. The first kappa shape index (κ1) is 16.9. The van der Waals surface area contributed by atoms with Crippen molar-refractivity contribution in [3.63, 3.8) is 0 Å². The van der Waals surface area contributed by atoms with Gasteiger partial charge in [0.2, 0.25) is 0 Å². The average Bonchev–Trinajstić information content (AvgIpc) is 2.41. The number of hydrogen-bond donors (Lipinski definition) is 2. The summed E-state index contributed by atoms with van der Waals surface area (Å²) in [6, 6.07) is 4.41. The van der Waals surface area contributed by atoms with Gasteiger partial charge in [0.15, 0.2) is 0 Å². The number of aliphatic hydroxyl groups excluding tert-OH is 1. The lowest BCUT2D eigenvalue weighted by atomic mass is 9.96. The number of halogens is 1. The Labute approximate surface area is 124 Å². The molecule has 112 valence electrons. The topological polar surface area (TPSA) is 75.4 Å². The first-order valence-corrected chi connectivity index (χ1v) is 7.18. The molecule has 1 atom stereocenters. The van der Waals surface area contributed by atoms with E-state index in [0.717, 1.165) is 18.4 Å². The van der Waals surface area contributed by atoms with Crippen LogP contribution in [0.25, 0.3) is 0 Å². The van der Waals surface area contributed by atoms with E-state index in [1.54, 1.807) is 6.07 Å². The van der Waals surface area contributed by atoms with E-state index in [1.165, 1.54) is 12.1 Å². The molecule has 1 aromatic carbocycles. The number of aliphatic hydroxyl groups is 1. The van der Waals surface area contributed by atoms with Gasteiger partial charge in [-0.25, -0.2) is 0 Å². The molecular weight excluding hydrogens is 280 g/mol. The van der Waals surface area contributed by atoms with Crippen molar-refractivity contribution < 1.29 is 10.0 Å². The SMILES string of the molecule is CCC(CC)C(O)CNCc1ccc([N+](=O)[O-])cc1Cl. The Morgan fingerprint density at radius 3 is 2.55 bits per heavy atom. The Bertz CT molecular complexity index is 450. The Balaban J connectivity index is 2.52. The van der Waals surface area contributed by atoms with Gasteiger partial charge in [0.25, 0.3) is 5.69 Å². The van der Waals surface area contributed by atoms with Gasteiger partial charge in [-0.1, -0.05) is 38.3 Å².